The predicted molar refractivity (Wildman–Crippen MR) is 71.1 cm³/mol. The third-order valence-corrected chi connectivity index (χ3v) is 3.46. The molecular formula is C12H11N3O3S. The third-order valence-electron chi connectivity index (χ3n) is 2.64. The topological polar surface area (TPSA) is 82.8 Å². The monoisotopic (exact) mass is 277 g/mol. The predicted octanol–water partition coefficient (Wildman–Crippen LogP) is 2.41. The smallest absolute Gasteiger partial charge is 0.356 e. The number of ether oxygens (including phenoxy) is 1. The van der Waals surface area contributed by atoms with Crippen molar-refractivity contribution in [1.82, 2.24) is 9.38 Å². The summed E-state index contributed by atoms with van der Waals surface area (Å²) >= 11 is 1.33. The van der Waals surface area contributed by atoms with Gasteiger partial charge in [0.1, 0.15) is 17.2 Å². The first-order valence-corrected chi connectivity index (χ1v) is 6.56. The molecule has 0 saturated carbocycles. The van der Waals surface area contributed by atoms with Crippen LogP contribution in [0.4, 0.5) is 5.82 Å². The highest BCUT2D eigenvalue weighted by molar-refractivity contribution is 7.15. The lowest BCUT2D eigenvalue weighted by Crippen LogP contribution is -2.09. The molecule has 3 aromatic rings. The van der Waals surface area contributed by atoms with Crippen LogP contribution in [0.1, 0.15) is 17.4 Å². The number of nitrogens with zero attached hydrogens (tertiary/aromatic N) is 2. The van der Waals surface area contributed by atoms with Crippen molar-refractivity contribution in [2.75, 3.05) is 12.3 Å². The number of esters is 1. The molecule has 0 bridgehead atoms. The molecule has 3 aromatic heterocycles. The maximum atomic E-state index is 11.8. The number of furan rings is 1. The van der Waals surface area contributed by atoms with Crippen molar-refractivity contribution in [1.29, 1.82) is 0 Å². The summed E-state index contributed by atoms with van der Waals surface area (Å²) < 4.78 is 11.9. The lowest BCUT2D eigenvalue weighted by atomic mass is 10.3. The highest BCUT2D eigenvalue weighted by Crippen LogP contribution is 2.30. The minimum Gasteiger partial charge on any atom is -0.463 e. The van der Waals surface area contributed by atoms with Crippen LogP contribution in [0.3, 0.4) is 0 Å². The number of carbonyl (C=O) groups is 1. The first-order valence-electron chi connectivity index (χ1n) is 5.68. The Morgan fingerprint density at radius 3 is 3.16 bits per heavy atom. The molecule has 0 radical (unpaired) electrons. The van der Waals surface area contributed by atoms with Gasteiger partial charge in [-0.25, -0.2) is 9.78 Å². The van der Waals surface area contributed by atoms with Gasteiger partial charge in [-0.1, -0.05) is 0 Å². The van der Waals surface area contributed by atoms with Gasteiger partial charge in [0, 0.05) is 5.38 Å². The molecule has 0 aliphatic carbocycles. The highest BCUT2D eigenvalue weighted by atomic mass is 32.1. The maximum absolute atomic E-state index is 11.8. The van der Waals surface area contributed by atoms with E-state index >= 15 is 0 Å². The number of hydrogen-bond donors (Lipinski definition) is 1. The van der Waals surface area contributed by atoms with Crippen LogP contribution in [0.5, 0.6) is 0 Å². The summed E-state index contributed by atoms with van der Waals surface area (Å²) in [5.74, 6) is 0.529. The van der Waals surface area contributed by atoms with Crippen molar-refractivity contribution in [3.63, 3.8) is 0 Å². The highest BCUT2D eigenvalue weighted by Gasteiger charge is 2.21. The number of nitrogens with two attached hydrogens (primary N) is 1. The van der Waals surface area contributed by atoms with Crippen LogP contribution < -0.4 is 5.73 Å². The number of nitrogen functional groups attached to an aromatic ring is 1. The fraction of sp³-hybridized carbons (Fsp3) is 0.167. The van der Waals surface area contributed by atoms with E-state index in [0.29, 0.717) is 34.5 Å². The summed E-state index contributed by atoms with van der Waals surface area (Å²) in [6, 6.07) is 3.53. The Labute approximate surface area is 112 Å². The third kappa shape index (κ3) is 1.78. The Morgan fingerprint density at radius 2 is 2.47 bits per heavy atom. The van der Waals surface area contributed by atoms with Crippen LogP contribution >= 0.6 is 11.3 Å². The van der Waals surface area contributed by atoms with Crippen molar-refractivity contribution in [2.45, 2.75) is 6.92 Å². The van der Waals surface area contributed by atoms with E-state index in [1.807, 2.05) is 0 Å². The second-order valence-corrected chi connectivity index (χ2v) is 4.62. The van der Waals surface area contributed by atoms with E-state index in [0.717, 1.165) is 0 Å². The van der Waals surface area contributed by atoms with E-state index in [9.17, 15) is 4.79 Å². The zero-order valence-corrected chi connectivity index (χ0v) is 10.9. The summed E-state index contributed by atoms with van der Waals surface area (Å²) in [4.78, 5) is 16.8. The lowest BCUT2D eigenvalue weighted by molar-refractivity contribution is 0.0519. The molecule has 0 aliphatic rings. The van der Waals surface area contributed by atoms with Gasteiger partial charge in [0.05, 0.1) is 12.9 Å². The zero-order valence-electron chi connectivity index (χ0n) is 10.1. The maximum Gasteiger partial charge on any atom is 0.356 e. The average Bonchev–Trinajstić information content (AvgIpc) is 3.07. The molecule has 98 valence electrons. The minimum absolute atomic E-state index is 0.315. The van der Waals surface area contributed by atoms with Crippen molar-refractivity contribution in [3.8, 4) is 11.5 Å². The summed E-state index contributed by atoms with van der Waals surface area (Å²) in [5, 5.41) is 1.68. The van der Waals surface area contributed by atoms with Gasteiger partial charge in [-0.3, -0.25) is 4.40 Å². The lowest BCUT2D eigenvalue weighted by Gasteiger charge is -2.01. The van der Waals surface area contributed by atoms with Crippen LogP contribution in [-0.4, -0.2) is 22.0 Å². The molecule has 0 saturated heterocycles. The van der Waals surface area contributed by atoms with Crippen molar-refractivity contribution in [3.05, 3.63) is 29.5 Å². The standard InChI is InChI=1S/C12H11N3O3S/c1-2-17-11(16)7-6-19-12-14-9(10(13)15(7)12)8-4-3-5-18-8/h3-6H,2,13H2,1H3. The van der Waals surface area contributed by atoms with Gasteiger partial charge in [-0.2, -0.15) is 0 Å². The number of rotatable bonds is 3. The van der Waals surface area contributed by atoms with Crippen LogP contribution in [0, 0.1) is 0 Å². The van der Waals surface area contributed by atoms with E-state index in [-0.39, 0.29) is 0 Å². The van der Waals surface area contributed by atoms with E-state index in [1.165, 1.54) is 11.3 Å². The Balaban J connectivity index is 2.15. The van der Waals surface area contributed by atoms with Crippen LogP contribution in [0.25, 0.3) is 16.4 Å². The van der Waals surface area contributed by atoms with E-state index in [2.05, 4.69) is 4.98 Å². The van der Waals surface area contributed by atoms with Crippen LogP contribution in [0.2, 0.25) is 0 Å². The SMILES string of the molecule is CCOC(=O)c1csc2nc(-c3ccco3)c(N)n12. The summed E-state index contributed by atoms with van der Waals surface area (Å²) in [5.41, 5.74) is 6.96. The van der Waals surface area contributed by atoms with Crippen molar-refractivity contribution in [2.24, 2.45) is 0 Å². The first kappa shape index (κ1) is 11.8. The molecule has 0 unspecified atom stereocenters. The fourth-order valence-electron chi connectivity index (χ4n) is 1.82. The van der Waals surface area contributed by atoms with Crippen LogP contribution in [0.15, 0.2) is 28.2 Å². The Kier molecular flexibility index (Phi) is 2.75. The van der Waals surface area contributed by atoms with Gasteiger partial charge in [0.2, 0.25) is 0 Å². The number of fused-ring (bicyclic) bond motifs is 1. The minimum atomic E-state index is -0.413. The fourth-order valence-corrected chi connectivity index (χ4v) is 2.69. The Morgan fingerprint density at radius 1 is 1.63 bits per heavy atom. The summed E-state index contributed by atoms with van der Waals surface area (Å²) in [7, 11) is 0. The molecule has 2 N–H and O–H groups in total. The molecule has 3 rings (SSSR count). The molecule has 3 heterocycles. The van der Waals surface area contributed by atoms with Gasteiger partial charge < -0.3 is 14.9 Å². The summed E-state index contributed by atoms with van der Waals surface area (Å²) in [6.45, 7) is 2.07. The van der Waals surface area contributed by atoms with Crippen molar-refractivity contribution < 1.29 is 13.9 Å². The quantitative estimate of drug-likeness (QED) is 0.743. The van der Waals surface area contributed by atoms with Crippen LogP contribution in [-0.2, 0) is 4.74 Å². The molecule has 19 heavy (non-hydrogen) atoms. The van der Waals surface area contributed by atoms with Gasteiger partial charge in [-0.15, -0.1) is 11.3 Å². The largest absolute Gasteiger partial charge is 0.463 e. The molecule has 6 nitrogen and oxygen atoms in total. The molecule has 0 fully saturated rings. The second kappa shape index (κ2) is 4.43. The molecule has 0 amide bonds. The normalized spacial score (nSPS) is 11.0. The molecule has 0 aliphatic heterocycles. The Bertz CT molecular complexity index is 727. The average molecular weight is 277 g/mol. The molecule has 0 atom stereocenters. The Hall–Kier alpha value is -2.28. The molecular weight excluding hydrogens is 266 g/mol. The molecule has 0 aromatic carbocycles. The number of anilines is 1. The number of aromatic nitrogens is 2. The number of imidazole rings is 1. The molecule has 7 heteroatoms. The van der Waals surface area contributed by atoms with E-state index in [4.69, 9.17) is 14.9 Å². The van der Waals surface area contributed by atoms with Gasteiger partial charge in [0.25, 0.3) is 0 Å². The molecule has 0 spiro atoms. The van der Waals surface area contributed by atoms with Gasteiger partial charge in [0.15, 0.2) is 10.7 Å². The summed E-state index contributed by atoms with van der Waals surface area (Å²) in [6.07, 6.45) is 1.55. The first-order chi connectivity index (χ1) is 9.22. The second-order valence-electron chi connectivity index (χ2n) is 3.78. The number of thiazole rings is 1. The van der Waals surface area contributed by atoms with E-state index in [1.54, 1.807) is 35.1 Å². The van der Waals surface area contributed by atoms with Crippen molar-refractivity contribution >= 4 is 28.1 Å². The van der Waals surface area contributed by atoms with Gasteiger partial charge in [-0.05, 0) is 19.1 Å². The number of hydrogen-bond acceptors (Lipinski definition) is 6. The zero-order chi connectivity index (χ0) is 13.4. The number of carbonyl (C=O) groups excluding carboxylic acids is 1. The van der Waals surface area contributed by atoms with E-state index < -0.39 is 5.97 Å². The van der Waals surface area contributed by atoms with Gasteiger partial charge >= 0.3 is 5.97 Å².